The van der Waals surface area contributed by atoms with Crippen LogP contribution in [0.5, 0.6) is 5.75 Å². The third kappa shape index (κ3) is 3.94. The molecular formula is C21H26N4O2. The third-order valence-electron chi connectivity index (χ3n) is 4.98. The maximum Gasteiger partial charge on any atom is 0.220 e. The van der Waals surface area contributed by atoms with Gasteiger partial charge in [-0.3, -0.25) is 9.48 Å². The number of amides is 1. The van der Waals surface area contributed by atoms with E-state index in [9.17, 15) is 4.79 Å². The van der Waals surface area contributed by atoms with Gasteiger partial charge in [-0.25, -0.2) is 4.98 Å². The molecule has 27 heavy (non-hydrogen) atoms. The molecule has 0 saturated heterocycles. The molecule has 0 saturated carbocycles. The fraction of sp³-hybridized carbons (Fsp3) is 0.381. The van der Waals surface area contributed by atoms with Crippen LogP contribution in [0.1, 0.15) is 34.5 Å². The van der Waals surface area contributed by atoms with E-state index >= 15 is 0 Å². The Hall–Kier alpha value is -2.89. The summed E-state index contributed by atoms with van der Waals surface area (Å²) in [6.45, 7) is 6.60. The quantitative estimate of drug-likeness (QED) is 0.728. The molecule has 0 atom stereocenters. The van der Waals surface area contributed by atoms with Crippen LogP contribution in [0.2, 0.25) is 0 Å². The van der Waals surface area contributed by atoms with Crippen molar-refractivity contribution in [3.8, 4) is 5.75 Å². The molecule has 0 bridgehead atoms. The lowest BCUT2D eigenvalue weighted by Crippen LogP contribution is -2.23. The number of nitrogens with zero attached hydrogens (tertiary/aromatic N) is 3. The molecule has 2 heterocycles. The second-order valence-corrected chi connectivity index (χ2v) is 6.83. The zero-order valence-electron chi connectivity index (χ0n) is 16.6. The lowest BCUT2D eigenvalue weighted by atomic mass is 9.99. The number of fused-ring (bicyclic) bond motifs is 1. The first-order chi connectivity index (χ1) is 12.9. The van der Waals surface area contributed by atoms with Gasteiger partial charge in [0.15, 0.2) is 5.65 Å². The molecule has 0 aliphatic rings. The summed E-state index contributed by atoms with van der Waals surface area (Å²) < 4.78 is 6.96. The van der Waals surface area contributed by atoms with E-state index in [1.807, 2.05) is 49.8 Å². The molecule has 142 valence electrons. The number of benzene rings is 1. The van der Waals surface area contributed by atoms with E-state index in [0.29, 0.717) is 19.4 Å². The number of nitrogens with one attached hydrogen (secondary N) is 1. The Balaban J connectivity index is 1.65. The SMILES string of the molecule is COc1ccc(CNC(=O)CCc2c(C)nc3c(c(C)nn3C)c2C)cc1. The van der Waals surface area contributed by atoms with Gasteiger partial charge in [0.25, 0.3) is 0 Å². The zero-order chi connectivity index (χ0) is 19.6. The summed E-state index contributed by atoms with van der Waals surface area (Å²) in [5.74, 6) is 0.845. The van der Waals surface area contributed by atoms with Gasteiger partial charge >= 0.3 is 0 Å². The Kier molecular flexibility index (Phi) is 5.44. The lowest BCUT2D eigenvalue weighted by Gasteiger charge is -2.11. The van der Waals surface area contributed by atoms with Crippen LogP contribution in [-0.2, 0) is 24.8 Å². The van der Waals surface area contributed by atoms with Gasteiger partial charge in [-0.1, -0.05) is 12.1 Å². The maximum atomic E-state index is 12.3. The average molecular weight is 366 g/mol. The number of hydrogen-bond donors (Lipinski definition) is 1. The van der Waals surface area contributed by atoms with Gasteiger partial charge in [0.2, 0.25) is 5.91 Å². The maximum absolute atomic E-state index is 12.3. The van der Waals surface area contributed by atoms with Gasteiger partial charge in [-0.15, -0.1) is 0 Å². The molecule has 0 fully saturated rings. The standard InChI is InChI=1S/C21H26N4O2/c1-13-18(14(2)23-21-20(13)15(3)24-25(21)4)10-11-19(26)22-12-16-6-8-17(27-5)9-7-16/h6-9H,10-12H2,1-5H3,(H,22,26). The molecule has 0 radical (unpaired) electrons. The zero-order valence-corrected chi connectivity index (χ0v) is 16.6. The van der Waals surface area contributed by atoms with Crippen LogP contribution in [0.3, 0.4) is 0 Å². The Morgan fingerprint density at radius 2 is 1.85 bits per heavy atom. The summed E-state index contributed by atoms with van der Waals surface area (Å²) in [4.78, 5) is 17.0. The Morgan fingerprint density at radius 3 is 2.52 bits per heavy atom. The Bertz CT molecular complexity index is 974. The monoisotopic (exact) mass is 366 g/mol. The van der Waals surface area contributed by atoms with E-state index in [4.69, 9.17) is 9.72 Å². The molecule has 0 spiro atoms. The van der Waals surface area contributed by atoms with E-state index < -0.39 is 0 Å². The van der Waals surface area contributed by atoms with Crippen LogP contribution in [0.4, 0.5) is 0 Å². The van der Waals surface area contributed by atoms with E-state index in [1.54, 1.807) is 7.11 Å². The molecular weight excluding hydrogens is 340 g/mol. The van der Waals surface area contributed by atoms with Crippen molar-refractivity contribution in [2.45, 2.75) is 40.2 Å². The van der Waals surface area contributed by atoms with Crippen molar-refractivity contribution in [1.82, 2.24) is 20.1 Å². The van der Waals surface area contributed by atoms with Crippen LogP contribution in [0.25, 0.3) is 11.0 Å². The van der Waals surface area contributed by atoms with Gasteiger partial charge in [-0.2, -0.15) is 5.10 Å². The van der Waals surface area contributed by atoms with E-state index in [-0.39, 0.29) is 5.91 Å². The normalized spacial score (nSPS) is 11.0. The van der Waals surface area contributed by atoms with Crippen LogP contribution in [0, 0.1) is 20.8 Å². The molecule has 3 rings (SSSR count). The Labute approximate surface area is 159 Å². The molecule has 6 heteroatoms. The largest absolute Gasteiger partial charge is 0.497 e. The molecule has 1 N–H and O–H groups in total. The number of methoxy groups -OCH3 is 1. The number of carbonyl (C=O) groups excluding carboxylic acids is 1. The summed E-state index contributed by atoms with van der Waals surface area (Å²) >= 11 is 0. The highest BCUT2D eigenvalue weighted by atomic mass is 16.5. The molecule has 0 unspecified atom stereocenters. The first-order valence-electron chi connectivity index (χ1n) is 9.09. The van der Waals surface area contributed by atoms with Gasteiger partial charge < -0.3 is 10.1 Å². The van der Waals surface area contributed by atoms with Crippen LogP contribution >= 0.6 is 0 Å². The van der Waals surface area contributed by atoms with Crippen molar-refractivity contribution in [2.75, 3.05) is 7.11 Å². The minimum Gasteiger partial charge on any atom is -0.497 e. The second-order valence-electron chi connectivity index (χ2n) is 6.83. The molecule has 1 aromatic carbocycles. The predicted octanol–water partition coefficient (Wildman–Crippen LogP) is 3.15. The third-order valence-corrected chi connectivity index (χ3v) is 4.98. The fourth-order valence-electron chi connectivity index (χ4n) is 3.50. The number of pyridine rings is 1. The molecule has 1 amide bonds. The highest BCUT2D eigenvalue weighted by Crippen LogP contribution is 2.26. The molecule has 0 aliphatic heterocycles. The number of aromatic nitrogens is 3. The Morgan fingerprint density at radius 1 is 1.15 bits per heavy atom. The van der Waals surface area contributed by atoms with Crippen LogP contribution < -0.4 is 10.1 Å². The average Bonchev–Trinajstić information content (AvgIpc) is 2.93. The minimum absolute atomic E-state index is 0.0348. The minimum atomic E-state index is 0.0348. The number of hydrogen-bond acceptors (Lipinski definition) is 4. The molecule has 6 nitrogen and oxygen atoms in total. The summed E-state index contributed by atoms with van der Waals surface area (Å²) in [5, 5.41) is 8.55. The van der Waals surface area contributed by atoms with Crippen LogP contribution in [-0.4, -0.2) is 27.8 Å². The summed E-state index contributed by atoms with van der Waals surface area (Å²) in [7, 11) is 3.55. The summed E-state index contributed by atoms with van der Waals surface area (Å²) in [5.41, 5.74) is 6.19. The second kappa shape index (κ2) is 7.78. The topological polar surface area (TPSA) is 69.0 Å². The van der Waals surface area contributed by atoms with Gasteiger partial charge in [0, 0.05) is 31.1 Å². The fourth-order valence-corrected chi connectivity index (χ4v) is 3.50. The number of carbonyl (C=O) groups is 1. The number of rotatable bonds is 6. The van der Waals surface area contributed by atoms with Gasteiger partial charge in [-0.05, 0) is 56.0 Å². The lowest BCUT2D eigenvalue weighted by molar-refractivity contribution is -0.121. The first kappa shape index (κ1) is 18.9. The van der Waals surface area contributed by atoms with E-state index in [2.05, 4.69) is 17.3 Å². The predicted molar refractivity (Wildman–Crippen MR) is 106 cm³/mol. The highest BCUT2D eigenvalue weighted by molar-refractivity contribution is 5.84. The number of ether oxygens (including phenoxy) is 1. The summed E-state index contributed by atoms with van der Waals surface area (Å²) in [6.07, 6.45) is 1.10. The van der Waals surface area contributed by atoms with Gasteiger partial charge in [0.05, 0.1) is 12.8 Å². The van der Waals surface area contributed by atoms with Crippen molar-refractivity contribution in [2.24, 2.45) is 7.05 Å². The smallest absolute Gasteiger partial charge is 0.220 e. The van der Waals surface area contributed by atoms with Gasteiger partial charge in [0.1, 0.15) is 5.75 Å². The summed E-state index contributed by atoms with van der Waals surface area (Å²) in [6, 6.07) is 7.70. The molecule has 2 aromatic heterocycles. The van der Waals surface area contributed by atoms with E-state index in [0.717, 1.165) is 39.3 Å². The van der Waals surface area contributed by atoms with Crippen molar-refractivity contribution in [1.29, 1.82) is 0 Å². The number of aryl methyl sites for hydroxylation is 4. The van der Waals surface area contributed by atoms with Crippen molar-refractivity contribution in [3.05, 3.63) is 52.3 Å². The van der Waals surface area contributed by atoms with E-state index in [1.165, 1.54) is 5.56 Å². The molecule has 0 aliphatic carbocycles. The van der Waals surface area contributed by atoms with Crippen molar-refractivity contribution in [3.63, 3.8) is 0 Å². The highest BCUT2D eigenvalue weighted by Gasteiger charge is 2.16. The molecule has 3 aromatic rings. The first-order valence-corrected chi connectivity index (χ1v) is 9.09. The van der Waals surface area contributed by atoms with Crippen LogP contribution in [0.15, 0.2) is 24.3 Å². The van der Waals surface area contributed by atoms with Crippen molar-refractivity contribution < 1.29 is 9.53 Å². The van der Waals surface area contributed by atoms with Crippen molar-refractivity contribution >= 4 is 16.9 Å².